The molecule has 7 heteroatoms. The molecule has 0 saturated carbocycles. The number of rotatable bonds is 5. The van der Waals surface area contributed by atoms with Gasteiger partial charge in [0.1, 0.15) is 18.2 Å². The highest BCUT2D eigenvalue weighted by atomic mass is 16.5. The van der Waals surface area contributed by atoms with Gasteiger partial charge in [0.25, 0.3) is 5.56 Å². The molecule has 1 aromatic heterocycles. The van der Waals surface area contributed by atoms with Gasteiger partial charge in [0.2, 0.25) is 0 Å². The molecule has 7 nitrogen and oxygen atoms in total. The number of aromatic nitrogens is 2. The van der Waals surface area contributed by atoms with Crippen molar-refractivity contribution in [2.45, 2.75) is 19.8 Å². The maximum Gasteiger partial charge on any atom is 0.258 e. The van der Waals surface area contributed by atoms with Crippen LogP contribution in [0.4, 0.5) is 0 Å². The van der Waals surface area contributed by atoms with Crippen LogP contribution >= 0.6 is 0 Å². The zero-order valence-corrected chi connectivity index (χ0v) is 13.0. The van der Waals surface area contributed by atoms with Gasteiger partial charge < -0.3 is 20.0 Å². The second kappa shape index (κ2) is 6.79. The Kier molecular flexibility index (Phi) is 4.57. The van der Waals surface area contributed by atoms with Gasteiger partial charge in [-0.3, -0.25) is 4.79 Å². The topological polar surface area (TPSA) is 107 Å². The molecule has 24 heavy (non-hydrogen) atoms. The quantitative estimate of drug-likeness (QED) is 0.420. The normalized spacial score (nSPS) is 12.3. The van der Waals surface area contributed by atoms with Crippen molar-refractivity contribution < 1.29 is 15.1 Å². The van der Waals surface area contributed by atoms with Crippen molar-refractivity contribution in [2.75, 3.05) is 0 Å². The molecule has 4 N–H and O–H groups in total. The van der Waals surface area contributed by atoms with Crippen LogP contribution in [0.2, 0.25) is 0 Å². The van der Waals surface area contributed by atoms with E-state index in [2.05, 4.69) is 9.97 Å². The number of aliphatic hydroxyl groups is 1. The lowest BCUT2D eigenvalue weighted by molar-refractivity contribution is 0.000767. The molecule has 0 saturated heterocycles. The van der Waals surface area contributed by atoms with E-state index in [1.807, 2.05) is 31.2 Å². The van der Waals surface area contributed by atoms with E-state index >= 15 is 0 Å². The molecule has 0 spiro atoms. The third-order valence-electron chi connectivity index (χ3n) is 3.68. The van der Waals surface area contributed by atoms with Crippen LogP contribution in [0.1, 0.15) is 23.2 Å². The molecule has 1 unspecified atom stereocenters. The van der Waals surface area contributed by atoms with E-state index < -0.39 is 6.23 Å². The van der Waals surface area contributed by atoms with E-state index in [0.717, 1.165) is 5.56 Å². The predicted molar refractivity (Wildman–Crippen MR) is 87.8 cm³/mol. The molecular formula is C17H17N3O4. The number of nitrogens with zero attached hydrogens (tertiary/aromatic N) is 1. The number of H-pyrrole nitrogens is 1. The van der Waals surface area contributed by atoms with Crippen LogP contribution in [-0.2, 0) is 6.61 Å². The Morgan fingerprint density at radius 2 is 2.08 bits per heavy atom. The largest absolute Gasteiger partial charge is 0.485 e. The Hall–Kier alpha value is -2.74. The second-order valence-electron chi connectivity index (χ2n) is 5.38. The number of para-hydroxylation sites is 1. The van der Waals surface area contributed by atoms with Crippen LogP contribution in [0.5, 0.6) is 5.75 Å². The molecule has 3 rings (SSSR count). The van der Waals surface area contributed by atoms with E-state index in [-0.39, 0.29) is 12.2 Å². The standard InChI is InChI=1S/C17H17N3O4/c1-10-4-2-3-5-14(10)24-9-15-18-13-8-11(16(21)20-23)6-7-12(13)17(22)19-15/h2-8,16,20-21,23H,9H2,1H3,(H,18,19,22). The first kappa shape index (κ1) is 16.1. The highest BCUT2D eigenvalue weighted by molar-refractivity contribution is 5.78. The number of hydrogen-bond donors (Lipinski definition) is 4. The first-order valence-electron chi connectivity index (χ1n) is 7.37. The van der Waals surface area contributed by atoms with E-state index in [0.29, 0.717) is 28.0 Å². The maximum absolute atomic E-state index is 12.1. The first-order chi connectivity index (χ1) is 11.6. The van der Waals surface area contributed by atoms with E-state index in [1.165, 1.54) is 12.1 Å². The monoisotopic (exact) mass is 327 g/mol. The van der Waals surface area contributed by atoms with Crippen molar-refractivity contribution in [3.05, 3.63) is 69.8 Å². The zero-order chi connectivity index (χ0) is 17.1. The van der Waals surface area contributed by atoms with E-state index in [4.69, 9.17) is 9.94 Å². The van der Waals surface area contributed by atoms with Gasteiger partial charge in [0.05, 0.1) is 10.9 Å². The van der Waals surface area contributed by atoms with Crippen molar-refractivity contribution in [2.24, 2.45) is 0 Å². The fraction of sp³-hybridized carbons (Fsp3) is 0.176. The molecule has 1 atom stereocenters. The van der Waals surface area contributed by atoms with Crippen LogP contribution in [0.25, 0.3) is 10.9 Å². The third kappa shape index (κ3) is 3.28. The van der Waals surface area contributed by atoms with Gasteiger partial charge in [-0.15, -0.1) is 0 Å². The molecule has 0 aliphatic carbocycles. The van der Waals surface area contributed by atoms with Gasteiger partial charge in [0, 0.05) is 0 Å². The van der Waals surface area contributed by atoms with Crippen LogP contribution < -0.4 is 15.8 Å². The molecule has 1 heterocycles. The highest BCUT2D eigenvalue weighted by Crippen LogP contribution is 2.18. The molecule has 124 valence electrons. The Morgan fingerprint density at radius 1 is 1.29 bits per heavy atom. The predicted octanol–water partition coefficient (Wildman–Crippen LogP) is 1.78. The first-order valence-corrected chi connectivity index (χ1v) is 7.37. The van der Waals surface area contributed by atoms with Crippen LogP contribution in [0.3, 0.4) is 0 Å². The van der Waals surface area contributed by atoms with Crippen LogP contribution in [-0.4, -0.2) is 20.3 Å². The van der Waals surface area contributed by atoms with Crippen molar-refractivity contribution in [1.82, 2.24) is 15.4 Å². The molecule has 0 aliphatic heterocycles. The van der Waals surface area contributed by atoms with Gasteiger partial charge in [-0.2, -0.15) is 5.48 Å². The second-order valence-corrected chi connectivity index (χ2v) is 5.38. The van der Waals surface area contributed by atoms with E-state index in [9.17, 15) is 9.90 Å². The van der Waals surface area contributed by atoms with Gasteiger partial charge in [0.15, 0.2) is 6.23 Å². The van der Waals surface area contributed by atoms with Gasteiger partial charge in [-0.05, 0) is 36.2 Å². The summed E-state index contributed by atoms with van der Waals surface area (Å²) in [6.45, 7) is 2.04. The summed E-state index contributed by atoms with van der Waals surface area (Å²) < 4.78 is 5.69. The lowest BCUT2D eigenvalue weighted by Gasteiger charge is -2.10. The fourth-order valence-electron chi connectivity index (χ4n) is 2.38. The molecule has 0 aliphatic rings. The number of aromatic amines is 1. The number of hydroxylamine groups is 1. The Labute approximate surface area is 137 Å². The summed E-state index contributed by atoms with van der Waals surface area (Å²) in [5.74, 6) is 1.09. The van der Waals surface area contributed by atoms with Gasteiger partial charge >= 0.3 is 0 Å². The average molecular weight is 327 g/mol. The summed E-state index contributed by atoms with van der Waals surface area (Å²) in [5.41, 5.74) is 3.25. The summed E-state index contributed by atoms with van der Waals surface area (Å²) in [6.07, 6.45) is -1.25. The van der Waals surface area contributed by atoms with Crippen LogP contribution in [0.15, 0.2) is 47.3 Å². The molecule has 0 radical (unpaired) electrons. The SMILES string of the molecule is Cc1ccccc1OCc1nc2cc(C(O)NO)ccc2c(=O)[nH]1. The van der Waals surface area contributed by atoms with Gasteiger partial charge in [-0.25, -0.2) is 4.98 Å². The number of aryl methyl sites for hydroxylation is 1. The summed E-state index contributed by atoms with van der Waals surface area (Å²) in [6, 6.07) is 12.2. The number of fused-ring (bicyclic) bond motifs is 1. The van der Waals surface area contributed by atoms with Crippen molar-refractivity contribution >= 4 is 10.9 Å². The summed E-state index contributed by atoms with van der Waals surface area (Å²) in [4.78, 5) is 19.2. The number of benzene rings is 2. The summed E-state index contributed by atoms with van der Waals surface area (Å²) in [5, 5.41) is 18.8. The molecule has 0 amide bonds. The van der Waals surface area contributed by atoms with Gasteiger partial charge in [-0.1, -0.05) is 24.3 Å². The lowest BCUT2D eigenvalue weighted by Crippen LogP contribution is -2.17. The highest BCUT2D eigenvalue weighted by Gasteiger charge is 2.10. The fourth-order valence-corrected chi connectivity index (χ4v) is 2.38. The molecule has 3 aromatic rings. The number of aliphatic hydroxyl groups excluding tert-OH is 1. The molecule has 0 bridgehead atoms. The maximum atomic E-state index is 12.1. The Bertz CT molecular complexity index is 923. The van der Waals surface area contributed by atoms with Crippen molar-refractivity contribution in [1.29, 1.82) is 0 Å². The smallest absolute Gasteiger partial charge is 0.258 e. The van der Waals surface area contributed by atoms with Crippen molar-refractivity contribution in [3.8, 4) is 5.75 Å². The minimum Gasteiger partial charge on any atom is -0.485 e. The zero-order valence-electron chi connectivity index (χ0n) is 13.0. The number of hydrogen-bond acceptors (Lipinski definition) is 6. The summed E-state index contributed by atoms with van der Waals surface area (Å²) >= 11 is 0. The Morgan fingerprint density at radius 3 is 2.83 bits per heavy atom. The Balaban J connectivity index is 1.91. The lowest BCUT2D eigenvalue weighted by atomic mass is 10.1. The minimum atomic E-state index is -1.25. The summed E-state index contributed by atoms with van der Waals surface area (Å²) in [7, 11) is 0. The van der Waals surface area contributed by atoms with Crippen molar-refractivity contribution in [3.63, 3.8) is 0 Å². The molecule has 2 aromatic carbocycles. The minimum absolute atomic E-state index is 0.112. The third-order valence-corrected chi connectivity index (χ3v) is 3.68. The van der Waals surface area contributed by atoms with E-state index in [1.54, 1.807) is 11.5 Å². The number of nitrogens with one attached hydrogen (secondary N) is 2. The van der Waals surface area contributed by atoms with Crippen LogP contribution in [0, 0.1) is 6.92 Å². The number of ether oxygens (including phenoxy) is 1. The molecule has 0 fully saturated rings. The average Bonchev–Trinajstić information content (AvgIpc) is 2.60. The molecular weight excluding hydrogens is 310 g/mol.